The number of nitrogens with one attached hydrogen (secondary N) is 1. The minimum atomic E-state index is -0.0942. The summed E-state index contributed by atoms with van der Waals surface area (Å²) in [4.78, 5) is 16.1. The highest BCUT2D eigenvalue weighted by Gasteiger charge is 2.09. The quantitative estimate of drug-likeness (QED) is 0.737. The minimum absolute atomic E-state index is 0.0220. The second kappa shape index (κ2) is 7.97. The molecule has 0 saturated carbocycles. The molecular weight excluding hydrogens is 372 g/mol. The molecule has 0 aliphatic rings. The third kappa shape index (κ3) is 4.58. The fourth-order valence-electron chi connectivity index (χ4n) is 1.94. The lowest BCUT2D eigenvalue weighted by Crippen LogP contribution is -2.17. The first-order valence-electron chi connectivity index (χ1n) is 7.42. The van der Waals surface area contributed by atoms with E-state index in [9.17, 15) is 9.90 Å². The van der Waals surface area contributed by atoms with Gasteiger partial charge in [0, 0.05) is 27.9 Å². The van der Waals surface area contributed by atoms with Gasteiger partial charge in [0.1, 0.15) is 0 Å². The maximum Gasteiger partial charge on any atom is 0.226 e. The van der Waals surface area contributed by atoms with E-state index in [0.29, 0.717) is 22.7 Å². The summed E-state index contributed by atoms with van der Waals surface area (Å²) in [5.41, 5.74) is 1.87. The van der Waals surface area contributed by atoms with Crippen LogP contribution in [0.3, 0.4) is 0 Å². The number of nitrogens with zero attached hydrogens (tertiary/aromatic N) is 1. The summed E-state index contributed by atoms with van der Waals surface area (Å²) in [6, 6.07) is 10.6. The summed E-state index contributed by atoms with van der Waals surface area (Å²) in [7, 11) is 1.49. The number of hydrogen-bond acceptors (Lipinski definition) is 4. The Balaban J connectivity index is 2.24. The predicted molar refractivity (Wildman–Crippen MR) is 99.5 cm³/mol. The first-order chi connectivity index (χ1) is 11.4. The summed E-state index contributed by atoms with van der Waals surface area (Å²) in [6.45, 7) is 3.67. The van der Waals surface area contributed by atoms with Crippen LogP contribution in [-0.2, 0) is 4.79 Å². The van der Waals surface area contributed by atoms with E-state index >= 15 is 0 Å². The molecule has 0 heterocycles. The van der Waals surface area contributed by atoms with Crippen LogP contribution >= 0.6 is 15.9 Å². The molecule has 5 nitrogen and oxygen atoms in total. The van der Waals surface area contributed by atoms with Crippen molar-refractivity contribution in [3.8, 4) is 11.5 Å². The number of carbonyl (C=O) groups is 1. The number of amides is 1. The van der Waals surface area contributed by atoms with Crippen LogP contribution in [0.4, 0.5) is 11.4 Å². The molecular formula is C18H19BrN2O3. The smallest absolute Gasteiger partial charge is 0.226 e. The standard InChI is InChI=1S/C18H19BrN2O3/c1-11(2)18(23)21-15-6-4-5-14(9-15)20-10-12-7-13(19)8-16(24-3)17(12)22/h4-11,22H,1-3H3,(H,21,23). The van der Waals surface area contributed by atoms with Crippen molar-refractivity contribution in [2.45, 2.75) is 13.8 Å². The minimum Gasteiger partial charge on any atom is -0.504 e. The van der Waals surface area contributed by atoms with E-state index in [2.05, 4.69) is 26.2 Å². The molecule has 0 atom stereocenters. The van der Waals surface area contributed by atoms with Crippen molar-refractivity contribution in [3.63, 3.8) is 0 Å². The van der Waals surface area contributed by atoms with Gasteiger partial charge in [-0.25, -0.2) is 0 Å². The zero-order chi connectivity index (χ0) is 17.7. The molecule has 0 fully saturated rings. The van der Waals surface area contributed by atoms with Crippen LogP contribution in [0, 0.1) is 5.92 Å². The first-order valence-corrected chi connectivity index (χ1v) is 8.21. The van der Waals surface area contributed by atoms with Crippen molar-refractivity contribution in [2.75, 3.05) is 12.4 Å². The van der Waals surface area contributed by atoms with Crippen LogP contribution in [-0.4, -0.2) is 24.3 Å². The molecule has 0 aliphatic heterocycles. The van der Waals surface area contributed by atoms with Gasteiger partial charge in [-0.05, 0) is 30.3 Å². The number of carbonyl (C=O) groups excluding carboxylic acids is 1. The lowest BCUT2D eigenvalue weighted by atomic mass is 10.2. The molecule has 0 spiro atoms. The van der Waals surface area contributed by atoms with E-state index in [0.717, 1.165) is 4.47 Å². The van der Waals surface area contributed by atoms with Gasteiger partial charge in [0.05, 0.1) is 12.8 Å². The Kier molecular flexibility index (Phi) is 5.98. The molecule has 126 valence electrons. The molecule has 0 saturated heterocycles. The average Bonchev–Trinajstić information content (AvgIpc) is 2.55. The van der Waals surface area contributed by atoms with Gasteiger partial charge in [0.15, 0.2) is 11.5 Å². The molecule has 1 amide bonds. The van der Waals surface area contributed by atoms with Gasteiger partial charge in [-0.15, -0.1) is 0 Å². The zero-order valence-corrected chi connectivity index (χ0v) is 15.3. The van der Waals surface area contributed by atoms with Gasteiger partial charge in [0.25, 0.3) is 0 Å². The summed E-state index contributed by atoms with van der Waals surface area (Å²) >= 11 is 3.37. The van der Waals surface area contributed by atoms with Crippen LogP contribution in [0.25, 0.3) is 0 Å². The van der Waals surface area contributed by atoms with Gasteiger partial charge < -0.3 is 15.2 Å². The number of anilines is 1. The van der Waals surface area contributed by atoms with Crippen LogP contribution in [0.2, 0.25) is 0 Å². The number of aromatic hydroxyl groups is 1. The Morgan fingerprint density at radius 1 is 1.33 bits per heavy atom. The molecule has 0 radical (unpaired) electrons. The van der Waals surface area contributed by atoms with Crippen molar-refractivity contribution >= 4 is 39.4 Å². The molecule has 6 heteroatoms. The number of hydrogen-bond donors (Lipinski definition) is 2. The SMILES string of the molecule is COc1cc(Br)cc(C=Nc2cccc(NC(=O)C(C)C)c2)c1O. The Labute approximate surface area is 149 Å². The highest BCUT2D eigenvalue weighted by atomic mass is 79.9. The average molecular weight is 391 g/mol. The van der Waals surface area contributed by atoms with Crippen molar-refractivity contribution < 1.29 is 14.6 Å². The Hall–Kier alpha value is -2.34. The fraction of sp³-hybridized carbons (Fsp3) is 0.222. The Bertz CT molecular complexity index is 773. The van der Waals surface area contributed by atoms with Gasteiger partial charge >= 0.3 is 0 Å². The largest absolute Gasteiger partial charge is 0.504 e. The molecule has 2 N–H and O–H groups in total. The summed E-state index contributed by atoms with van der Waals surface area (Å²) in [5.74, 6) is 0.242. The third-order valence-electron chi connectivity index (χ3n) is 3.28. The molecule has 2 rings (SSSR count). The van der Waals surface area contributed by atoms with Gasteiger partial charge in [-0.3, -0.25) is 9.79 Å². The lowest BCUT2D eigenvalue weighted by molar-refractivity contribution is -0.118. The highest BCUT2D eigenvalue weighted by Crippen LogP contribution is 2.33. The molecule has 0 bridgehead atoms. The number of aliphatic imine (C=N–C) groups is 1. The van der Waals surface area contributed by atoms with E-state index in [1.165, 1.54) is 7.11 Å². The number of ether oxygens (including phenoxy) is 1. The van der Waals surface area contributed by atoms with Crippen molar-refractivity contribution in [1.29, 1.82) is 0 Å². The van der Waals surface area contributed by atoms with E-state index in [-0.39, 0.29) is 17.6 Å². The van der Waals surface area contributed by atoms with E-state index in [1.807, 2.05) is 26.0 Å². The lowest BCUT2D eigenvalue weighted by Gasteiger charge is -2.08. The maximum absolute atomic E-state index is 11.8. The van der Waals surface area contributed by atoms with Gasteiger partial charge in [-0.1, -0.05) is 35.8 Å². The van der Waals surface area contributed by atoms with Crippen LogP contribution in [0.1, 0.15) is 19.4 Å². The number of phenols is 1. The summed E-state index contributed by atoms with van der Waals surface area (Å²) in [5, 5.41) is 13.0. The molecule has 2 aromatic carbocycles. The normalized spacial score (nSPS) is 11.0. The molecule has 0 aliphatic carbocycles. The van der Waals surface area contributed by atoms with Crippen LogP contribution in [0.5, 0.6) is 11.5 Å². The van der Waals surface area contributed by atoms with Crippen LogP contribution in [0.15, 0.2) is 45.9 Å². The topological polar surface area (TPSA) is 70.9 Å². The van der Waals surface area contributed by atoms with Crippen molar-refractivity contribution in [3.05, 3.63) is 46.4 Å². The second-order valence-electron chi connectivity index (χ2n) is 5.50. The molecule has 0 aromatic heterocycles. The number of benzene rings is 2. The number of halogens is 1. The van der Waals surface area contributed by atoms with Gasteiger partial charge in [-0.2, -0.15) is 0 Å². The summed E-state index contributed by atoms with van der Waals surface area (Å²) < 4.78 is 5.89. The third-order valence-corrected chi connectivity index (χ3v) is 3.74. The predicted octanol–water partition coefficient (Wildman–Crippen LogP) is 4.51. The summed E-state index contributed by atoms with van der Waals surface area (Å²) in [6.07, 6.45) is 1.55. The maximum atomic E-state index is 11.8. The second-order valence-corrected chi connectivity index (χ2v) is 6.41. The van der Waals surface area contributed by atoms with E-state index < -0.39 is 0 Å². The Morgan fingerprint density at radius 3 is 2.75 bits per heavy atom. The van der Waals surface area contributed by atoms with E-state index in [4.69, 9.17) is 4.74 Å². The fourth-order valence-corrected chi connectivity index (χ4v) is 2.40. The first kappa shape index (κ1) is 18.0. The van der Waals surface area contributed by atoms with Crippen molar-refractivity contribution in [2.24, 2.45) is 10.9 Å². The monoisotopic (exact) mass is 390 g/mol. The zero-order valence-electron chi connectivity index (χ0n) is 13.7. The number of methoxy groups -OCH3 is 1. The van der Waals surface area contributed by atoms with Crippen molar-refractivity contribution in [1.82, 2.24) is 0 Å². The Morgan fingerprint density at radius 2 is 2.08 bits per heavy atom. The number of rotatable bonds is 5. The molecule has 2 aromatic rings. The van der Waals surface area contributed by atoms with Gasteiger partial charge in [0.2, 0.25) is 5.91 Å². The van der Waals surface area contributed by atoms with Crippen LogP contribution < -0.4 is 10.1 Å². The molecule has 24 heavy (non-hydrogen) atoms. The van der Waals surface area contributed by atoms with E-state index in [1.54, 1.807) is 30.5 Å². The molecule has 0 unspecified atom stereocenters. The number of phenolic OH excluding ortho intramolecular Hbond substituents is 1. The highest BCUT2D eigenvalue weighted by molar-refractivity contribution is 9.10.